The zero-order chi connectivity index (χ0) is 19.5. The third-order valence-electron chi connectivity index (χ3n) is 5.85. The van der Waals surface area contributed by atoms with Crippen LogP contribution in [0.2, 0.25) is 0 Å². The smallest absolute Gasteiger partial charge is 0.147 e. The summed E-state index contributed by atoms with van der Waals surface area (Å²) in [5, 5.41) is 5.02. The Morgan fingerprint density at radius 3 is 2.93 bits per heavy atom. The van der Waals surface area contributed by atoms with Crippen molar-refractivity contribution in [3.8, 4) is 5.75 Å². The summed E-state index contributed by atoms with van der Waals surface area (Å²) in [6.07, 6.45) is 4.31. The van der Waals surface area contributed by atoms with Gasteiger partial charge >= 0.3 is 0 Å². The predicted molar refractivity (Wildman–Crippen MR) is 108 cm³/mol. The molecule has 0 radical (unpaired) electrons. The molecule has 1 aromatic heterocycles. The molecule has 0 N–H and O–H groups in total. The minimum atomic E-state index is -0.284. The molecule has 3 aromatic rings. The fourth-order valence-electron chi connectivity index (χ4n) is 4.38. The van der Waals surface area contributed by atoms with E-state index < -0.39 is 0 Å². The number of halogens is 1. The fourth-order valence-corrected chi connectivity index (χ4v) is 4.38. The van der Waals surface area contributed by atoms with Crippen LogP contribution in [0.3, 0.4) is 0 Å². The van der Waals surface area contributed by atoms with Crippen LogP contribution in [0.1, 0.15) is 55.9 Å². The van der Waals surface area contributed by atoms with E-state index in [0.717, 1.165) is 42.8 Å². The summed E-state index contributed by atoms with van der Waals surface area (Å²) >= 11 is 0. The summed E-state index contributed by atoms with van der Waals surface area (Å²) in [7, 11) is 1.73. The Hall–Kier alpha value is -2.40. The lowest BCUT2D eigenvalue weighted by molar-refractivity contribution is 0.122. The maximum atomic E-state index is 13.5. The van der Waals surface area contributed by atoms with Crippen LogP contribution in [0.25, 0.3) is 10.9 Å². The number of fused-ring (bicyclic) bond motifs is 1. The van der Waals surface area contributed by atoms with Crippen LogP contribution in [-0.2, 0) is 0 Å². The molecule has 0 spiro atoms. The Labute approximate surface area is 165 Å². The van der Waals surface area contributed by atoms with E-state index in [4.69, 9.17) is 9.26 Å². The van der Waals surface area contributed by atoms with E-state index in [0.29, 0.717) is 5.52 Å². The van der Waals surface area contributed by atoms with E-state index >= 15 is 0 Å². The van der Waals surface area contributed by atoms with Gasteiger partial charge in [-0.15, -0.1) is 0 Å². The van der Waals surface area contributed by atoms with Crippen LogP contribution in [0.5, 0.6) is 5.75 Å². The minimum Gasteiger partial charge on any atom is -0.496 e. The van der Waals surface area contributed by atoms with Crippen molar-refractivity contribution in [3.63, 3.8) is 0 Å². The molecule has 4 rings (SSSR count). The van der Waals surface area contributed by atoms with Crippen molar-refractivity contribution < 1.29 is 13.7 Å². The van der Waals surface area contributed by atoms with Gasteiger partial charge in [0, 0.05) is 29.0 Å². The molecule has 2 aromatic carbocycles. The first-order chi connectivity index (χ1) is 13.7. The highest BCUT2D eigenvalue weighted by atomic mass is 19.1. The molecule has 0 aliphatic carbocycles. The van der Waals surface area contributed by atoms with Gasteiger partial charge in [0.1, 0.15) is 22.8 Å². The van der Waals surface area contributed by atoms with E-state index in [9.17, 15) is 4.39 Å². The lowest BCUT2D eigenvalue weighted by atomic mass is 9.84. The number of nitrogens with zero attached hydrogens (tertiary/aromatic N) is 2. The number of unbranched alkanes of at least 4 members (excludes halogenated alkanes) is 1. The van der Waals surface area contributed by atoms with E-state index in [1.807, 2.05) is 12.1 Å². The number of rotatable bonds is 6. The van der Waals surface area contributed by atoms with Crippen LogP contribution in [0, 0.1) is 5.82 Å². The molecule has 148 valence electrons. The first-order valence-corrected chi connectivity index (χ1v) is 10.1. The highest BCUT2D eigenvalue weighted by Crippen LogP contribution is 2.43. The standard InChI is InChI=1S/C23H27FN2O2/c1-3-4-12-26-13-11-16(14-21(26)19-7-5-6-8-22(19)27-2)23-18-10-9-17(24)15-20(18)25-28-23/h5-10,15-16,21H,3-4,11-14H2,1-2H3. The highest BCUT2D eigenvalue weighted by molar-refractivity contribution is 5.80. The summed E-state index contributed by atoms with van der Waals surface area (Å²) in [6, 6.07) is 13.3. The molecule has 5 heteroatoms. The number of ether oxygens (including phenoxy) is 1. The average molecular weight is 382 g/mol. The van der Waals surface area contributed by atoms with Crippen LogP contribution in [0.4, 0.5) is 4.39 Å². The molecule has 1 saturated heterocycles. The first-order valence-electron chi connectivity index (χ1n) is 10.1. The van der Waals surface area contributed by atoms with E-state index in [2.05, 4.69) is 29.1 Å². The van der Waals surface area contributed by atoms with Gasteiger partial charge in [0.2, 0.25) is 0 Å². The van der Waals surface area contributed by atoms with Crippen LogP contribution >= 0.6 is 0 Å². The lowest BCUT2D eigenvalue weighted by Crippen LogP contribution is -2.37. The molecule has 4 nitrogen and oxygen atoms in total. The Morgan fingerprint density at radius 2 is 2.11 bits per heavy atom. The first kappa shape index (κ1) is 18.9. The largest absolute Gasteiger partial charge is 0.496 e. The van der Waals surface area contributed by atoms with Crippen molar-refractivity contribution in [1.82, 2.24) is 10.1 Å². The maximum Gasteiger partial charge on any atom is 0.147 e. The van der Waals surface area contributed by atoms with E-state index in [1.165, 1.54) is 30.5 Å². The number of benzene rings is 2. The van der Waals surface area contributed by atoms with Crippen LogP contribution < -0.4 is 4.74 Å². The second kappa shape index (κ2) is 8.31. The summed E-state index contributed by atoms with van der Waals surface area (Å²) < 4.78 is 24.9. The summed E-state index contributed by atoms with van der Waals surface area (Å²) in [4.78, 5) is 2.57. The maximum absolute atomic E-state index is 13.5. The topological polar surface area (TPSA) is 38.5 Å². The molecule has 28 heavy (non-hydrogen) atoms. The second-order valence-corrected chi connectivity index (χ2v) is 7.58. The van der Waals surface area contributed by atoms with Gasteiger partial charge in [-0.3, -0.25) is 4.90 Å². The Kier molecular flexibility index (Phi) is 5.62. The quantitative estimate of drug-likeness (QED) is 0.548. The molecule has 1 aliphatic heterocycles. The molecule has 2 unspecified atom stereocenters. The van der Waals surface area contributed by atoms with Crippen LogP contribution in [-0.4, -0.2) is 30.3 Å². The Balaban J connectivity index is 1.66. The minimum absolute atomic E-state index is 0.253. The Bertz CT molecular complexity index is 939. The lowest BCUT2D eigenvalue weighted by Gasteiger charge is -2.39. The number of piperidine rings is 1. The number of hydrogen-bond acceptors (Lipinski definition) is 4. The van der Waals surface area contributed by atoms with Gasteiger partial charge in [-0.2, -0.15) is 0 Å². The highest BCUT2D eigenvalue weighted by Gasteiger charge is 2.34. The van der Waals surface area contributed by atoms with Crippen molar-refractivity contribution in [3.05, 3.63) is 59.6 Å². The summed E-state index contributed by atoms with van der Waals surface area (Å²) in [5.74, 6) is 1.78. The van der Waals surface area contributed by atoms with Gasteiger partial charge in [0.15, 0.2) is 0 Å². The summed E-state index contributed by atoms with van der Waals surface area (Å²) in [6.45, 7) is 4.30. The fraction of sp³-hybridized carbons (Fsp3) is 0.435. The van der Waals surface area contributed by atoms with E-state index in [-0.39, 0.29) is 17.8 Å². The zero-order valence-electron chi connectivity index (χ0n) is 16.5. The normalized spacial score (nSPS) is 20.5. The average Bonchev–Trinajstić information content (AvgIpc) is 3.15. The van der Waals surface area contributed by atoms with Gasteiger partial charge in [-0.1, -0.05) is 36.7 Å². The zero-order valence-corrected chi connectivity index (χ0v) is 16.5. The van der Waals surface area contributed by atoms with E-state index in [1.54, 1.807) is 13.2 Å². The number of methoxy groups -OCH3 is 1. The monoisotopic (exact) mass is 382 g/mol. The SMILES string of the molecule is CCCCN1CCC(c2onc3cc(F)ccc23)CC1c1ccccc1OC. The third-order valence-corrected chi connectivity index (χ3v) is 5.85. The Morgan fingerprint density at radius 1 is 1.25 bits per heavy atom. The molecule has 2 atom stereocenters. The number of likely N-dealkylation sites (tertiary alicyclic amines) is 1. The number of para-hydroxylation sites is 1. The van der Waals surface area contributed by atoms with Gasteiger partial charge in [-0.25, -0.2) is 4.39 Å². The van der Waals surface area contributed by atoms with Gasteiger partial charge in [0.05, 0.1) is 7.11 Å². The van der Waals surface area contributed by atoms with Crippen molar-refractivity contribution in [2.45, 2.75) is 44.6 Å². The molecule has 0 saturated carbocycles. The molecule has 0 amide bonds. The summed E-state index contributed by atoms with van der Waals surface area (Å²) in [5.41, 5.74) is 1.82. The predicted octanol–water partition coefficient (Wildman–Crippen LogP) is 5.70. The van der Waals surface area contributed by atoms with Gasteiger partial charge in [-0.05, 0) is 50.6 Å². The van der Waals surface area contributed by atoms with Crippen molar-refractivity contribution >= 4 is 10.9 Å². The molecular weight excluding hydrogens is 355 g/mol. The molecule has 1 fully saturated rings. The molecule has 1 aliphatic rings. The number of hydrogen-bond donors (Lipinski definition) is 0. The molecular formula is C23H27FN2O2. The van der Waals surface area contributed by atoms with Crippen molar-refractivity contribution in [2.24, 2.45) is 0 Å². The van der Waals surface area contributed by atoms with Gasteiger partial charge in [0.25, 0.3) is 0 Å². The van der Waals surface area contributed by atoms with Gasteiger partial charge < -0.3 is 9.26 Å². The number of aromatic nitrogens is 1. The molecule has 2 heterocycles. The van der Waals surface area contributed by atoms with Crippen LogP contribution in [0.15, 0.2) is 47.0 Å². The second-order valence-electron chi connectivity index (χ2n) is 7.58. The van der Waals surface area contributed by atoms with Crippen molar-refractivity contribution in [2.75, 3.05) is 20.2 Å². The third kappa shape index (κ3) is 3.63. The molecule has 0 bridgehead atoms. The van der Waals surface area contributed by atoms with Crippen molar-refractivity contribution in [1.29, 1.82) is 0 Å².